The third-order valence-electron chi connectivity index (χ3n) is 3.36. The van der Waals surface area contributed by atoms with Crippen molar-refractivity contribution in [1.29, 1.82) is 0 Å². The summed E-state index contributed by atoms with van der Waals surface area (Å²) in [5, 5.41) is 10.4. The van der Waals surface area contributed by atoms with E-state index in [2.05, 4.69) is 20.4 Å². The minimum atomic E-state index is -0.719. The van der Waals surface area contributed by atoms with E-state index >= 15 is 0 Å². The molecule has 0 amide bonds. The Kier molecular flexibility index (Phi) is 2.83. The third-order valence-corrected chi connectivity index (χ3v) is 3.36. The van der Waals surface area contributed by atoms with Crippen LogP contribution in [0.5, 0.6) is 0 Å². The van der Waals surface area contributed by atoms with Crippen LogP contribution in [0.3, 0.4) is 0 Å². The highest BCUT2D eigenvalue weighted by atomic mass is 16.5. The van der Waals surface area contributed by atoms with Gasteiger partial charge in [-0.3, -0.25) is 0 Å². The van der Waals surface area contributed by atoms with Gasteiger partial charge in [0.25, 0.3) is 0 Å². The second-order valence-electron chi connectivity index (χ2n) is 4.63. The fourth-order valence-electron chi connectivity index (χ4n) is 2.28. The molecule has 0 spiro atoms. The number of aliphatic hydroxyl groups is 1. The Hall–Kier alpha value is -0.340. The Balaban J connectivity index is 2.80. The van der Waals surface area contributed by atoms with Gasteiger partial charge < -0.3 is 9.84 Å². The van der Waals surface area contributed by atoms with Crippen molar-refractivity contribution in [3.63, 3.8) is 0 Å². The van der Waals surface area contributed by atoms with Gasteiger partial charge in [-0.05, 0) is 30.3 Å². The molecule has 1 atom stereocenters. The van der Waals surface area contributed by atoms with Crippen molar-refractivity contribution >= 4 is 0 Å². The number of methoxy groups -OCH3 is 1. The summed E-state index contributed by atoms with van der Waals surface area (Å²) in [6.07, 6.45) is 2.96. The second kappa shape index (κ2) is 3.43. The van der Waals surface area contributed by atoms with Crippen LogP contribution < -0.4 is 0 Å². The summed E-state index contributed by atoms with van der Waals surface area (Å²) in [5.74, 6) is 0. The Morgan fingerprint density at radius 1 is 1.46 bits per heavy atom. The smallest absolute Gasteiger partial charge is 0.0926 e. The number of hydrogen-bond donors (Lipinski definition) is 1. The van der Waals surface area contributed by atoms with Crippen LogP contribution in [0, 0.1) is 5.41 Å². The molecule has 2 nitrogen and oxygen atoms in total. The molecule has 0 aromatic carbocycles. The lowest BCUT2D eigenvalue weighted by molar-refractivity contribution is -0.0182. The summed E-state index contributed by atoms with van der Waals surface area (Å²) in [6, 6.07) is 0. The molecule has 0 saturated heterocycles. The van der Waals surface area contributed by atoms with Gasteiger partial charge in [0.1, 0.15) is 0 Å². The number of rotatable bonds is 3. The van der Waals surface area contributed by atoms with E-state index in [0.29, 0.717) is 6.61 Å². The zero-order valence-corrected chi connectivity index (χ0v) is 8.89. The van der Waals surface area contributed by atoms with Gasteiger partial charge in [0.05, 0.1) is 12.2 Å². The Morgan fingerprint density at radius 3 is 2.46 bits per heavy atom. The van der Waals surface area contributed by atoms with Crippen LogP contribution in [0.25, 0.3) is 0 Å². The predicted octanol–water partition coefficient (Wildman–Crippen LogP) is 2.13. The molecule has 0 bridgehead atoms. The summed E-state index contributed by atoms with van der Waals surface area (Å²) in [7, 11) is 1.64. The molecule has 1 aliphatic carbocycles. The molecule has 13 heavy (non-hydrogen) atoms. The monoisotopic (exact) mass is 184 g/mol. The predicted molar refractivity (Wildman–Crippen MR) is 53.6 cm³/mol. The Labute approximate surface area is 80.6 Å². The molecule has 1 saturated carbocycles. The van der Waals surface area contributed by atoms with Gasteiger partial charge in [-0.15, -0.1) is 0 Å². The maximum atomic E-state index is 10.4. The summed E-state index contributed by atoms with van der Waals surface area (Å²) >= 11 is 0. The van der Waals surface area contributed by atoms with Crippen LogP contribution in [-0.4, -0.2) is 24.4 Å². The summed E-state index contributed by atoms with van der Waals surface area (Å²) < 4.78 is 5.02. The first-order chi connectivity index (χ1) is 5.94. The van der Waals surface area contributed by atoms with Crippen LogP contribution >= 0.6 is 0 Å². The largest absolute Gasteiger partial charge is 0.385 e. The van der Waals surface area contributed by atoms with Crippen molar-refractivity contribution in [2.24, 2.45) is 5.41 Å². The molecule has 0 aliphatic heterocycles. The summed E-state index contributed by atoms with van der Waals surface area (Å²) in [4.78, 5) is 0. The van der Waals surface area contributed by atoms with E-state index < -0.39 is 5.60 Å². The normalized spacial score (nSPS) is 32.0. The molecular weight excluding hydrogens is 164 g/mol. The lowest BCUT2D eigenvalue weighted by atomic mass is 9.74. The summed E-state index contributed by atoms with van der Waals surface area (Å²) in [6.45, 7) is 8.57. The summed E-state index contributed by atoms with van der Waals surface area (Å²) in [5.41, 5.74) is 0.0449. The number of ether oxygens (including phenoxy) is 1. The van der Waals surface area contributed by atoms with Crippen molar-refractivity contribution in [2.75, 3.05) is 13.7 Å². The van der Waals surface area contributed by atoms with Crippen LogP contribution in [0.4, 0.5) is 0 Å². The van der Waals surface area contributed by atoms with Gasteiger partial charge >= 0.3 is 0 Å². The van der Waals surface area contributed by atoms with E-state index in [1.807, 2.05) is 0 Å². The van der Waals surface area contributed by atoms with Crippen molar-refractivity contribution in [1.82, 2.24) is 0 Å². The van der Waals surface area contributed by atoms with E-state index in [9.17, 15) is 5.11 Å². The second-order valence-corrected chi connectivity index (χ2v) is 4.63. The number of hydrogen-bond acceptors (Lipinski definition) is 2. The molecule has 0 aromatic heterocycles. The van der Waals surface area contributed by atoms with Crippen LogP contribution in [0.2, 0.25) is 0 Å². The first-order valence-electron chi connectivity index (χ1n) is 4.83. The van der Waals surface area contributed by atoms with Gasteiger partial charge in [-0.1, -0.05) is 20.4 Å². The average Bonchev–Trinajstić information content (AvgIpc) is 2.28. The van der Waals surface area contributed by atoms with Gasteiger partial charge in [-0.25, -0.2) is 0 Å². The molecule has 1 unspecified atom stereocenters. The molecule has 1 fully saturated rings. The van der Waals surface area contributed by atoms with E-state index in [4.69, 9.17) is 4.74 Å². The molecule has 1 aliphatic rings. The van der Waals surface area contributed by atoms with E-state index in [0.717, 1.165) is 24.8 Å². The molecule has 76 valence electrons. The van der Waals surface area contributed by atoms with Crippen LogP contribution in [0.1, 0.15) is 33.1 Å². The molecule has 1 N–H and O–H groups in total. The Morgan fingerprint density at radius 2 is 2.08 bits per heavy atom. The first kappa shape index (κ1) is 10.7. The highest BCUT2D eigenvalue weighted by Gasteiger charge is 2.48. The third kappa shape index (κ3) is 1.65. The highest BCUT2D eigenvalue weighted by Crippen LogP contribution is 2.49. The fraction of sp³-hybridized carbons (Fsp3) is 0.818. The van der Waals surface area contributed by atoms with E-state index in [1.165, 1.54) is 0 Å². The van der Waals surface area contributed by atoms with E-state index in [-0.39, 0.29) is 5.41 Å². The lowest BCUT2D eigenvalue weighted by Crippen LogP contribution is -2.42. The molecule has 0 radical (unpaired) electrons. The zero-order chi connectivity index (χ0) is 10.1. The topological polar surface area (TPSA) is 29.5 Å². The fourth-order valence-corrected chi connectivity index (χ4v) is 2.28. The first-order valence-corrected chi connectivity index (χ1v) is 4.83. The van der Waals surface area contributed by atoms with Gasteiger partial charge in [0.2, 0.25) is 0 Å². The van der Waals surface area contributed by atoms with Gasteiger partial charge in [0.15, 0.2) is 0 Å². The highest BCUT2D eigenvalue weighted by molar-refractivity contribution is 5.20. The van der Waals surface area contributed by atoms with Gasteiger partial charge in [-0.2, -0.15) is 0 Å². The van der Waals surface area contributed by atoms with Gasteiger partial charge in [0, 0.05) is 7.11 Å². The molecule has 2 heteroatoms. The molecule has 1 rings (SSSR count). The average molecular weight is 184 g/mol. The Bertz CT molecular complexity index is 208. The molecule has 0 heterocycles. The van der Waals surface area contributed by atoms with Crippen molar-refractivity contribution in [3.05, 3.63) is 12.2 Å². The maximum Gasteiger partial charge on any atom is 0.0926 e. The lowest BCUT2D eigenvalue weighted by Gasteiger charge is -2.38. The molecule has 0 aromatic rings. The van der Waals surface area contributed by atoms with Crippen LogP contribution in [-0.2, 0) is 4.74 Å². The van der Waals surface area contributed by atoms with Crippen LogP contribution in [0.15, 0.2) is 12.2 Å². The SMILES string of the molecule is C=C(COC)C1(O)CCCC1(C)C. The standard InChI is InChI=1S/C11H20O2/c1-9(8-13-4)11(12)7-5-6-10(11,2)3/h12H,1,5-8H2,2-4H3. The zero-order valence-electron chi connectivity index (χ0n) is 8.89. The maximum absolute atomic E-state index is 10.4. The quantitative estimate of drug-likeness (QED) is 0.681. The van der Waals surface area contributed by atoms with Crippen molar-refractivity contribution < 1.29 is 9.84 Å². The molecular formula is C11H20O2. The van der Waals surface area contributed by atoms with Crippen molar-refractivity contribution in [3.8, 4) is 0 Å². The van der Waals surface area contributed by atoms with E-state index in [1.54, 1.807) is 7.11 Å². The van der Waals surface area contributed by atoms with Crippen molar-refractivity contribution in [2.45, 2.75) is 38.7 Å². The minimum Gasteiger partial charge on any atom is -0.385 e. The minimum absolute atomic E-state index is 0.0530.